The maximum atomic E-state index is 6.29. The number of fused-ring (bicyclic) bond motifs is 1. The van der Waals surface area contributed by atoms with Gasteiger partial charge in [0.05, 0.1) is 18.6 Å². The molecule has 2 aliphatic rings. The molecule has 0 spiro atoms. The molecule has 2 nitrogen and oxygen atoms in total. The summed E-state index contributed by atoms with van der Waals surface area (Å²) in [7, 11) is 4.04. The quantitative estimate of drug-likeness (QED) is 0.455. The van der Waals surface area contributed by atoms with Crippen molar-refractivity contribution in [3.05, 3.63) is 7.05 Å². The van der Waals surface area contributed by atoms with Gasteiger partial charge in [0.15, 0.2) is 0 Å². The molecule has 0 aromatic carbocycles. The SMILES string of the molecule is [CH2-][NH+]1C[C@@H]2CCCC[C@]2(N)C1. The molecule has 1 heterocycles. The number of quaternary nitrogens is 1. The second kappa shape index (κ2) is 2.46. The van der Waals surface area contributed by atoms with Gasteiger partial charge in [0.1, 0.15) is 0 Å². The highest BCUT2D eigenvalue weighted by atomic mass is 15.2. The molecule has 0 aromatic rings. The summed E-state index contributed by atoms with van der Waals surface area (Å²) in [6, 6.07) is 0. The third-order valence-electron chi connectivity index (χ3n) is 3.37. The molecule has 0 aromatic heterocycles. The van der Waals surface area contributed by atoms with Crippen LogP contribution in [0.25, 0.3) is 0 Å². The highest BCUT2D eigenvalue weighted by Gasteiger charge is 2.44. The lowest BCUT2D eigenvalue weighted by Crippen LogP contribution is -3.05. The third kappa shape index (κ3) is 1.18. The average Bonchev–Trinajstić information content (AvgIpc) is 2.22. The predicted octanol–water partition coefficient (Wildman–Crippen LogP) is -0.436. The molecule has 2 heteroatoms. The topological polar surface area (TPSA) is 30.5 Å². The summed E-state index contributed by atoms with van der Waals surface area (Å²) >= 11 is 0. The lowest BCUT2D eigenvalue weighted by Gasteiger charge is -2.32. The van der Waals surface area contributed by atoms with E-state index in [4.69, 9.17) is 5.73 Å². The van der Waals surface area contributed by atoms with Crippen LogP contribution in [0.2, 0.25) is 0 Å². The second-order valence-corrected chi connectivity index (χ2v) is 4.31. The summed E-state index contributed by atoms with van der Waals surface area (Å²) in [5.74, 6) is 0.767. The van der Waals surface area contributed by atoms with Gasteiger partial charge in [-0.25, -0.2) is 0 Å². The van der Waals surface area contributed by atoms with Gasteiger partial charge in [0.2, 0.25) is 0 Å². The molecule has 2 fully saturated rings. The van der Waals surface area contributed by atoms with Gasteiger partial charge in [-0.1, -0.05) is 12.8 Å². The monoisotopic (exact) mass is 154 g/mol. The zero-order chi connectivity index (χ0) is 7.90. The minimum absolute atomic E-state index is 0.162. The smallest absolute Gasteiger partial charge is 0.0718 e. The van der Waals surface area contributed by atoms with E-state index in [2.05, 4.69) is 7.05 Å². The Bertz CT molecular complexity index is 158. The van der Waals surface area contributed by atoms with Crippen LogP contribution in [0.4, 0.5) is 0 Å². The highest BCUT2D eigenvalue weighted by Crippen LogP contribution is 2.32. The van der Waals surface area contributed by atoms with Crippen molar-refractivity contribution in [1.82, 2.24) is 0 Å². The molecule has 2 rings (SSSR count). The number of hydrogen-bond acceptors (Lipinski definition) is 1. The zero-order valence-corrected chi connectivity index (χ0v) is 7.10. The van der Waals surface area contributed by atoms with Crippen molar-refractivity contribution in [1.29, 1.82) is 0 Å². The van der Waals surface area contributed by atoms with Crippen LogP contribution in [-0.4, -0.2) is 18.6 Å². The molecule has 3 N–H and O–H groups in total. The van der Waals surface area contributed by atoms with Gasteiger partial charge in [0, 0.05) is 5.92 Å². The molecule has 0 bridgehead atoms. The second-order valence-electron chi connectivity index (χ2n) is 4.31. The van der Waals surface area contributed by atoms with E-state index in [1.165, 1.54) is 37.1 Å². The van der Waals surface area contributed by atoms with E-state index in [1.807, 2.05) is 0 Å². The summed E-state index contributed by atoms with van der Waals surface area (Å²) in [5, 5.41) is 0. The van der Waals surface area contributed by atoms with E-state index in [0.717, 1.165) is 12.5 Å². The first kappa shape index (κ1) is 7.56. The fourth-order valence-corrected chi connectivity index (χ4v) is 2.76. The van der Waals surface area contributed by atoms with Crippen molar-refractivity contribution in [2.24, 2.45) is 11.7 Å². The highest BCUT2D eigenvalue weighted by molar-refractivity contribution is 4.96. The Morgan fingerprint density at radius 1 is 1.45 bits per heavy atom. The minimum Gasteiger partial charge on any atom is -0.466 e. The predicted molar refractivity (Wildman–Crippen MR) is 44.9 cm³/mol. The standard InChI is InChI=1S/C9H18N2/c1-11-6-8-4-2-3-5-9(8,10)7-11/h8,11H,1-7,10H2/t8-,9-/m0/s1. The van der Waals surface area contributed by atoms with Gasteiger partial charge < -0.3 is 10.6 Å². The molecule has 1 aliphatic carbocycles. The van der Waals surface area contributed by atoms with Crippen LogP contribution in [0, 0.1) is 13.0 Å². The fraction of sp³-hybridized carbons (Fsp3) is 0.889. The molecular formula is C9H18N2. The van der Waals surface area contributed by atoms with E-state index in [-0.39, 0.29) is 5.54 Å². The maximum absolute atomic E-state index is 6.29. The Labute approximate surface area is 68.7 Å². The first-order valence-corrected chi connectivity index (χ1v) is 4.66. The van der Waals surface area contributed by atoms with E-state index in [9.17, 15) is 0 Å². The summed E-state index contributed by atoms with van der Waals surface area (Å²) in [6.45, 7) is 2.30. The Hall–Kier alpha value is -0.0800. The summed E-state index contributed by atoms with van der Waals surface area (Å²) in [4.78, 5) is 1.39. The van der Waals surface area contributed by atoms with Crippen LogP contribution in [-0.2, 0) is 0 Å². The van der Waals surface area contributed by atoms with Gasteiger partial charge in [-0.2, -0.15) is 7.05 Å². The van der Waals surface area contributed by atoms with Crippen LogP contribution in [0.3, 0.4) is 0 Å². The number of nitrogens with one attached hydrogen (secondary N) is 1. The molecule has 1 saturated heterocycles. The molecule has 11 heavy (non-hydrogen) atoms. The van der Waals surface area contributed by atoms with E-state index >= 15 is 0 Å². The van der Waals surface area contributed by atoms with Crippen LogP contribution in [0.5, 0.6) is 0 Å². The summed E-state index contributed by atoms with van der Waals surface area (Å²) in [6.07, 6.45) is 5.30. The summed E-state index contributed by atoms with van der Waals surface area (Å²) < 4.78 is 0. The Kier molecular flexibility index (Phi) is 1.69. The molecular weight excluding hydrogens is 136 g/mol. The molecule has 0 amide bonds. The van der Waals surface area contributed by atoms with E-state index < -0.39 is 0 Å². The Morgan fingerprint density at radius 3 is 3.00 bits per heavy atom. The van der Waals surface area contributed by atoms with E-state index in [1.54, 1.807) is 0 Å². The normalized spacial score (nSPS) is 50.7. The van der Waals surface area contributed by atoms with Gasteiger partial charge in [-0.15, -0.1) is 0 Å². The van der Waals surface area contributed by atoms with Crippen LogP contribution in [0.15, 0.2) is 0 Å². The van der Waals surface area contributed by atoms with Gasteiger partial charge in [0.25, 0.3) is 0 Å². The lowest BCUT2D eigenvalue weighted by molar-refractivity contribution is -0.843. The Balaban J connectivity index is 2.11. The molecule has 1 aliphatic heterocycles. The van der Waals surface area contributed by atoms with Gasteiger partial charge >= 0.3 is 0 Å². The van der Waals surface area contributed by atoms with E-state index in [0.29, 0.717) is 0 Å². The molecule has 1 unspecified atom stereocenters. The van der Waals surface area contributed by atoms with Crippen molar-refractivity contribution in [3.8, 4) is 0 Å². The minimum atomic E-state index is 0.162. The first-order valence-electron chi connectivity index (χ1n) is 4.66. The maximum Gasteiger partial charge on any atom is 0.0718 e. The van der Waals surface area contributed by atoms with Crippen molar-refractivity contribution in [3.63, 3.8) is 0 Å². The third-order valence-corrected chi connectivity index (χ3v) is 3.37. The molecule has 64 valence electrons. The molecule has 1 saturated carbocycles. The van der Waals surface area contributed by atoms with Gasteiger partial charge in [-0.3, -0.25) is 0 Å². The molecule has 0 radical (unpaired) electrons. The average molecular weight is 154 g/mol. The first-order chi connectivity index (χ1) is 5.21. The van der Waals surface area contributed by atoms with Crippen molar-refractivity contribution in [2.45, 2.75) is 31.2 Å². The van der Waals surface area contributed by atoms with Crippen molar-refractivity contribution in [2.75, 3.05) is 13.1 Å². The van der Waals surface area contributed by atoms with Crippen LogP contribution >= 0.6 is 0 Å². The largest absolute Gasteiger partial charge is 0.466 e. The van der Waals surface area contributed by atoms with Crippen molar-refractivity contribution < 1.29 is 4.90 Å². The van der Waals surface area contributed by atoms with Crippen LogP contribution < -0.4 is 10.6 Å². The number of nitrogens with two attached hydrogens (primary N) is 1. The molecule has 3 atom stereocenters. The van der Waals surface area contributed by atoms with Crippen molar-refractivity contribution >= 4 is 0 Å². The van der Waals surface area contributed by atoms with Crippen LogP contribution in [0.1, 0.15) is 25.7 Å². The summed E-state index contributed by atoms with van der Waals surface area (Å²) in [5.41, 5.74) is 6.46. The fourth-order valence-electron chi connectivity index (χ4n) is 2.76. The zero-order valence-electron chi connectivity index (χ0n) is 7.10. The Morgan fingerprint density at radius 2 is 2.27 bits per heavy atom. The number of rotatable bonds is 0. The number of hydrogen-bond donors (Lipinski definition) is 2. The number of likely N-dealkylation sites (tertiary alicyclic amines) is 1. The lowest BCUT2D eigenvalue weighted by atomic mass is 9.76. The van der Waals surface area contributed by atoms with Gasteiger partial charge in [-0.05, 0) is 12.8 Å².